The van der Waals surface area contributed by atoms with Gasteiger partial charge in [0.25, 0.3) is 0 Å². The molecule has 2 atom stereocenters. The second-order valence-electron chi connectivity index (χ2n) is 2.50. The Labute approximate surface area is 72.2 Å². The minimum absolute atomic E-state index is 0.00948. The number of ether oxygens (including phenoxy) is 1. The lowest BCUT2D eigenvalue weighted by atomic mass is 10.1. The third-order valence-corrected chi connectivity index (χ3v) is 1.81. The highest BCUT2D eigenvalue weighted by Gasteiger charge is 2.16. The van der Waals surface area contributed by atoms with E-state index in [4.69, 9.17) is 5.11 Å². The van der Waals surface area contributed by atoms with E-state index in [1.165, 1.54) is 7.11 Å². The average Bonchev–Trinajstić information content (AvgIpc) is 2.02. The van der Waals surface area contributed by atoms with Crippen molar-refractivity contribution < 1.29 is 14.6 Å². The summed E-state index contributed by atoms with van der Waals surface area (Å²) in [4.78, 5) is 10.8. The van der Waals surface area contributed by atoms with Crippen LogP contribution in [0.5, 0.6) is 0 Å². The second kappa shape index (κ2) is 5.43. The molecule has 11 heavy (non-hydrogen) atoms. The van der Waals surface area contributed by atoms with Crippen LogP contribution in [0, 0.1) is 5.92 Å². The maximum Gasteiger partial charge on any atom is 0.308 e. The third kappa shape index (κ3) is 4.27. The molecule has 0 aliphatic carbocycles. The Bertz CT molecular complexity index is 127. The van der Waals surface area contributed by atoms with Gasteiger partial charge in [0.1, 0.15) is 0 Å². The monoisotopic (exact) mass is 178 g/mol. The van der Waals surface area contributed by atoms with Gasteiger partial charge in [0.15, 0.2) is 0 Å². The van der Waals surface area contributed by atoms with Crippen molar-refractivity contribution in [3.8, 4) is 0 Å². The number of methoxy groups -OCH3 is 1. The first-order valence-electron chi connectivity index (χ1n) is 3.48. The topological polar surface area (TPSA) is 46.5 Å². The van der Waals surface area contributed by atoms with E-state index in [-0.39, 0.29) is 23.7 Å². The summed E-state index contributed by atoms with van der Waals surface area (Å²) in [5.74, 6) is -0.438. The minimum Gasteiger partial charge on any atom is -0.469 e. The molecule has 0 aromatic carbocycles. The lowest BCUT2D eigenvalue weighted by molar-refractivity contribution is -0.145. The van der Waals surface area contributed by atoms with E-state index < -0.39 is 0 Å². The van der Waals surface area contributed by atoms with Crippen molar-refractivity contribution in [1.29, 1.82) is 0 Å². The molecule has 1 N–H and O–H groups in total. The van der Waals surface area contributed by atoms with Gasteiger partial charge >= 0.3 is 5.97 Å². The molecule has 0 spiro atoms. The highest BCUT2D eigenvalue weighted by atomic mass is 32.1. The predicted molar refractivity (Wildman–Crippen MR) is 45.7 cm³/mol. The fourth-order valence-corrected chi connectivity index (χ4v) is 1.10. The smallest absolute Gasteiger partial charge is 0.308 e. The molecule has 0 rings (SSSR count). The molecule has 0 aliphatic rings. The van der Waals surface area contributed by atoms with Gasteiger partial charge in [-0.3, -0.25) is 4.79 Å². The molecule has 2 unspecified atom stereocenters. The Kier molecular flexibility index (Phi) is 5.32. The van der Waals surface area contributed by atoms with E-state index >= 15 is 0 Å². The molecule has 0 aliphatic heterocycles. The van der Waals surface area contributed by atoms with Gasteiger partial charge in [-0.25, -0.2) is 0 Å². The van der Waals surface area contributed by atoms with Crippen LogP contribution in [0.25, 0.3) is 0 Å². The van der Waals surface area contributed by atoms with Crippen LogP contribution in [0.1, 0.15) is 13.3 Å². The summed E-state index contributed by atoms with van der Waals surface area (Å²) in [5, 5.41) is 8.47. The predicted octanol–water partition coefficient (Wildman–Crippen LogP) is 0.476. The Morgan fingerprint density at radius 1 is 1.73 bits per heavy atom. The van der Waals surface area contributed by atoms with E-state index in [0.717, 1.165) is 0 Å². The van der Waals surface area contributed by atoms with Crippen molar-refractivity contribution in [2.45, 2.75) is 18.6 Å². The number of esters is 1. The van der Waals surface area contributed by atoms with Crippen molar-refractivity contribution >= 4 is 18.6 Å². The van der Waals surface area contributed by atoms with Crippen LogP contribution in [0.3, 0.4) is 0 Å². The molecule has 0 amide bonds. The fourth-order valence-electron chi connectivity index (χ4n) is 0.780. The zero-order valence-corrected chi connectivity index (χ0v) is 7.67. The van der Waals surface area contributed by atoms with Gasteiger partial charge < -0.3 is 9.84 Å². The van der Waals surface area contributed by atoms with Crippen molar-refractivity contribution in [3.63, 3.8) is 0 Å². The van der Waals surface area contributed by atoms with Gasteiger partial charge in [0.2, 0.25) is 0 Å². The standard InChI is InChI=1S/C7H14O3S/c1-5(7(9)10-2)3-6(11)4-8/h5-6,8,11H,3-4H2,1-2H3. The Morgan fingerprint density at radius 3 is 2.64 bits per heavy atom. The zero-order valence-electron chi connectivity index (χ0n) is 6.78. The first kappa shape index (κ1) is 10.8. The largest absolute Gasteiger partial charge is 0.469 e. The first-order valence-corrected chi connectivity index (χ1v) is 4.00. The quantitative estimate of drug-likeness (QED) is 0.486. The number of thiol groups is 1. The number of carbonyl (C=O) groups is 1. The Morgan fingerprint density at radius 2 is 2.27 bits per heavy atom. The number of hydrogen-bond acceptors (Lipinski definition) is 4. The molecular weight excluding hydrogens is 164 g/mol. The fraction of sp³-hybridized carbons (Fsp3) is 0.857. The number of rotatable bonds is 4. The SMILES string of the molecule is COC(=O)C(C)CC(S)CO. The molecule has 0 heterocycles. The van der Waals surface area contributed by atoms with Crippen molar-refractivity contribution in [1.82, 2.24) is 0 Å². The van der Waals surface area contributed by atoms with Crippen LogP contribution in [0.15, 0.2) is 0 Å². The van der Waals surface area contributed by atoms with Gasteiger partial charge in [0, 0.05) is 5.25 Å². The minimum atomic E-state index is -0.252. The van der Waals surface area contributed by atoms with Crippen LogP contribution in [-0.4, -0.2) is 30.0 Å². The number of carbonyl (C=O) groups excluding carboxylic acids is 1. The molecule has 0 aromatic rings. The summed E-state index contributed by atoms with van der Waals surface area (Å²) >= 11 is 4.05. The molecule has 0 saturated carbocycles. The van der Waals surface area contributed by atoms with E-state index in [9.17, 15) is 4.79 Å². The summed E-state index contributed by atoms with van der Waals surface area (Å²) in [5.41, 5.74) is 0. The van der Waals surface area contributed by atoms with Crippen LogP contribution in [-0.2, 0) is 9.53 Å². The summed E-state index contributed by atoms with van der Waals surface area (Å²) in [6, 6.07) is 0. The van der Waals surface area contributed by atoms with Crippen LogP contribution >= 0.6 is 12.6 Å². The van der Waals surface area contributed by atoms with Gasteiger partial charge in [-0.05, 0) is 6.42 Å². The van der Waals surface area contributed by atoms with E-state index in [0.29, 0.717) is 6.42 Å². The maximum absolute atomic E-state index is 10.8. The van der Waals surface area contributed by atoms with Gasteiger partial charge in [-0.1, -0.05) is 6.92 Å². The van der Waals surface area contributed by atoms with Crippen LogP contribution in [0.2, 0.25) is 0 Å². The maximum atomic E-state index is 10.8. The van der Waals surface area contributed by atoms with Gasteiger partial charge in [-0.2, -0.15) is 12.6 Å². The molecule has 0 radical (unpaired) electrons. The third-order valence-electron chi connectivity index (χ3n) is 1.44. The summed E-state index contributed by atoms with van der Waals surface area (Å²) in [7, 11) is 1.35. The molecule has 0 fully saturated rings. The zero-order chi connectivity index (χ0) is 8.85. The van der Waals surface area contributed by atoms with Gasteiger partial charge in [0.05, 0.1) is 19.6 Å². The normalized spacial score (nSPS) is 15.6. The molecule has 3 nitrogen and oxygen atoms in total. The first-order chi connectivity index (χ1) is 5.11. The van der Waals surface area contributed by atoms with E-state index in [2.05, 4.69) is 17.4 Å². The molecule has 0 saturated heterocycles. The van der Waals surface area contributed by atoms with Gasteiger partial charge in [-0.15, -0.1) is 0 Å². The lowest BCUT2D eigenvalue weighted by Gasteiger charge is -2.11. The average molecular weight is 178 g/mol. The molecule has 0 aromatic heterocycles. The van der Waals surface area contributed by atoms with Crippen molar-refractivity contribution in [2.24, 2.45) is 5.92 Å². The molecule has 66 valence electrons. The molecule has 0 bridgehead atoms. The van der Waals surface area contributed by atoms with Crippen LogP contribution < -0.4 is 0 Å². The van der Waals surface area contributed by atoms with Crippen LogP contribution in [0.4, 0.5) is 0 Å². The highest BCUT2D eigenvalue weighted by Crippen LogP contribution is 2.11. The summed E-state index contributed by atoms with van der Waals surface area (Å²) < 4.78 is 4.50. The summed E-state index contributed by atoms with van der Waals surface area (Å²) in [6.07, 6.45) is 0.548. The van der Waals surface area contributed by atoms with E-state index in [1.54, 1.807) is 6.92 Å². The molecule has 4 heteroatoms. The van der Waals surface area contributed by atoms with Crippen molar-refractivity contribution in [3.05, 3.63) is 0 Å². The number of aliphatic hydroxyl groups is 1. The number of aliphatic hydroxyl groups excluding tert-OH is 1. The second-order valence-corrected chi connectivity index (χ2v) is 3.23. The Balaban J connectivity index is 3.67. The number of hydrogen-bond donors (Lipinski definition) is 2. The van der Waals surface area contributed by atoms with Crippen molar-refractivity contribution in [2.75, 3.05) is 13.7 Å². The van der Waals surface area contributed by atoms with E-state index in [1.807, 2.05) is 0 Å². The summed E-state index contributed by atoms with van der Waals surface area (Å²) in [6.45, 7) is 1.75. The Hall–Kier alpha value is -0.220. The highest BCUT2D eigenvalue weighted by molar-refractivity contribution is 7.81. The lowest BCUT2D eigenvalue weighted by Crippen LogP contribution is -2.18. The molecular formula is C7H14O3S.